The third-order valence-electron chi connectivity index (χ3n) is 4.57. The highest BCUT2D eigenvalue weighted by molar-refractivity contribution is 7.17. The van der Waals surface area contributed by atoms with Gasteiger partial charge in [0.15, 0.2) is 0 Å². The van der Waals surface area contributed by atoms with Crippen molar-refractivity contribution >= 4 is 46.0 Å². The van der Waals surface area contributed by atoms with Gasteiger partial charge < -0.3 is 10.1 Å². The van der Waals surface area contributed by atoms with Crippen LogP contribution in [0, 0.1) is 10.1 Å². The lowest BCUT2D eigenvalue weighted by atomic mass is 9.95. The number of ether oxygens (including phenoxy) is 1. The number of aryl methyl sites for hydroxylation is 1. The van der Waals surface area contributed by atoms with Crippen molar-refractivity contribution in [2.45, 2.75) is 32.6 Å². The Kier molecular flexibility index (Phi) is 7.08. The minimum absolute atomic E-state index is 0.0726. The molecule has 0 atom stereocenters. The molecule has 162 valence electrons. The zero-order chi connectivity index (χ0) is 22.4. The number of hydrogen-bond donors (Lipinski definition) is 2. The molecule has 1 aromatic carbocycles. The van der Waals surface area contributed by atoms with Crippen molar-refractivity contribution in [3.8, 4) is 0 Å². The average Bonchev–Trinajstić information content (AvgIpc) is 3.12. The second kappa shape index (κ2) is 9.94. The topological polar surface area (TPSA) is 140 Å². The molecule has 0 radical (unpaired) electrons. The zero-order valence-corrected chi connectivity index (χ0v) is 17.5. The van der Waals surface area contributed by atoms with Gasteiger partial charge in [0.25, 0.3) is 5.69 Å². The van der Waals surface area contributed by atoms with Crippen molar-refractivity contribution in [1.29, 1.82) is 0 Å². The van der Waals surface area contributed by atoms with Crippen molar-refractivity contribution in [1.82, 2.24) is 5.43 Å². The predicted molar refractivity (Wildman–Crippen MR) is 114 cm³/mol. The maximum atomic E-state index is 12.4. The number of carbonyl (C=O) groups excluding carboxylic acids is 3. The van der Waals surface area contributed by atoms with Gasteiger partial charge in [0, 0.05) is 17.0 Å². The van der Waals surface area contributed by atoms with E-state index in [1.54, 1.807) is 6.92 Å². The fourth-order valence-corrected chi connectivity index (χ4v) is 4.40. The normalized spacial score (nSPS) is 12.8. The molecule has 0 unspecified atom stereocenters. The van der Waals surface area contributed by atoms with Gasteiger partial charge in [0.05, 0.1) is 23.3 Å². The summed E-state index contributed by atoms with van der Waals surface area (Å²) in [6.07, 6.45) is 4.74. The van der Waals surface area contributed by atoms with E-state index >= 15 is 0 Å². The summed E-state index contributed by atoms with van der Waals surface area (Å²) >= 11 is 1.28. The van der Waals surface area contributed by atoms with E-state index in [1.807, 2.05) is 0 Å². The number of nitrogens with one attached hydrogen (secondary N) is 2. The summed E-state index contributed by atoms with van der Waals surface area (Å²) in [7, 11) is 0. The molecule has 1 aromatic heterocycles. The first kappa shape index (κ1) is 22.1. The van der Waals surface area contributed by atoms with Crippen LogP contribution >= 0.6 is 11.3 Å². The number of nitro benzene ring substituents is 1. The molecule has 2 aromatic rings. The monoisotopic (exact) mass is 444 g/mol. The summed E-state index contributed by atoms with van der Waals surface area (Å²) in [6.45, 7) is 1.90. The first-order valence-corrected chi connectivity index (χ1v) is 10.4. The number of rotatable bonds is 6. The number of benzene rings is 1. The molecule has 10 nitrogen and oxygen atoms in total. The molecule has 0 saturated heterocycles. The Morgan fingerprint density at radius 2 is 1.90 bits per heavy atom. The number of carbonyl (C=O) groups is 3. The van der Waals surface area contributed by atoms with Gasteiger partial charge in [-0.05, 0) is 55.9 Å². The van der Waals surface area contributed by atoms with E-state index in [4.69, 9.17) is 4.74 Å². The highest BCUT2D eigenvalue weighted by atomic mass is 32.1. The Hall–Kier alpha value is -3.60. The fraction of sp³-hybridized carbons (Fsp3) is 0.300. The number of amides is 2. The van der Waals surface area contributed by atoms with Crippen LogP contribution in [-0.4, -0.2) is 35.5 Å². The summed E-state index contributed by atoms with van der Waals surface area (Å²) in [4.78, 5) is 47.9. The lowest BCUT2D eigenvalue weighted by molar-refractivity contribution is -0.384. The van der Waals surface area contributed by atoms with Crippen LogP contribution in [0.15, 0.2) is 29.4 Å². The van der Waals surface area contributed by atoms with Crippen LogP contribution in [0.5, 0.6) is 0 Å². The minimum atomic E-state index is -1.01. The predicted octanol–water partition coefficient (Wildman–Crippen LogP) is 2.80. The maximum Gasteiger partial charge on any atom is 0.341 e. The number of fused-ring (bicyclic) bond motifs is 1. The van der Waals surface area contributed by atoms with Crippen LogP contribution in [0.1, 0.15) is 46.1 Å². The zero-order valence-electron chi connectivity index (χ0n) is 16.7. The molecule has 1 aliphatic carbocycles. The summed E-state index contributed by atoms with van der Waals surface area (Å²) in [6, 6.07) is 5.50. The number of hydrogen-bond acceptors (Lipinski definition) is 8. The molecular weight excluding hydrogens is 424 g/mol. The molecule has 0 saturated carbocycles. The number of anilines is 1. The fourth-order valence-electron chi connectivity index (χ4n) is 3.13. The van der Waals surface area contributed by atoms with Crippen LogP contribution < -0.4 is 10.7 Å². The summed E-state index contributed by atoms with van der Waals surface area (Å²) in [5, 5.41) is 17.1. The number of esters is 1. The Bertz CT molecular complexity index is 1040. The smallest absolute Gasteiger partial charge is 0.341 e. The molecular formula is C20H20N4O6S. The van der Waals surface area contributed by atoms with E-state index in [1.165, 1.54) is 41.8 Å². The molecule has 2 N–H and O–H groups in total. The number of nitro groups is 1. The van der Waals surface area contributed by atoms with Crippen molar-refractivity contribution in [3.05, 3.63) is 55.9 Å². The van der Waals surface area contributed by atoms with E-state index in [0.717, 1.165) is 36.1 Å². The van der Waals surface area contributed by atoms with Gasteiger partial charge in [-0.25, -0.2) is 10.2 Å². The van der Waals surface area contributed by atoms with Crippen LogP contribution in [0.25, 0.3) is 0 Å². The molecule has 2 amide bonds. The van der Waals surface area contributed by atoms with Crippen LogP contribution in [0.2, 0.25) is 0 Å². The van der Waals surface area contributed by atoms with E-state index in [-0.39, 0.29) is 12.3 Å². The molecule has 1 aliphatic rings. The second-order valence-corrected chi connectivity index (χ2v) is 7.74. The molecule has 0 aliphatic heterocycles. The Labute approximate surface area is 181 Å². The molecule has 0 fully saturated rings. The van der Waals surface area contributed by atoms with E-state index < -0.39 is 22.7 Å². The molecule has 11 heteroatoms. The number of non-ortho nitro benzene ring substituents is 1. The molecule has 3 rings (SSSR count). The molecule has 0 bridgehead atoms. The maximum absolute atomic E-state index is 12.4. The van der Waals surface area contributed by atoms with Crippen molar-refractivity contribution in [3.63, 3.8) is 0 Å². The van der Waals surface area contributed by atoms with Crippen LogP contribution in [0.3, 0.4) is 0 Å². The third-order valence-corrected chi connectivity index (χ3v) is 5.78. The Morgan fingerprint density at radius 3 is 2.58 bits per heavy atom. The number of nitrogens with zero attached hydrogens (tertiary/aromatic N) is 2. The SMILES string of the molecule is CCOC(=O)c1c(NC(=O)C(=O)N/N=C/c2ccc([N+](=O)[O-])cc2)sc2c1CCCC2. The van der Waals surface area contributed by atoms with Gasteiger partial charge in [0.2, 0.25) is 0 Å². The average molecular weight is 444 g/mol. The van der Waals surface area contributed by atoms with Gasteiger partial charge in [-0.2, -0.15) is 5.10 Å². The van der Waals surface area contributed by atoms with E-state index in [0.29, 0.717) is 16.1 Å². The molecule has 0 spiro atoms. The largest absolute Gasteiger partial charge is 0.462 e. The summed E-state index contributed by atoms with van der Waals surface area (Å²) < 4.78 is 5.12. The molecule has 1 heterocycles. The number of hydrazone groups is 1. The standard InChI is InChI=1S/C20H20N4O6S/c1-2-30-20(27)16-14-5-3-4-6-15(14)31-19(16)22-17(25)18(26)23-21-11-12-7-9-13(10-8-12)24(28)29/h7-11H,2-6H2,1H3,(H,22,25)(H,23,26)/b21-11+. The summed E-state index contributed by atoms with van der Waals surface area (Å²) in [5.41, 5.74) is 3.72. The van der Waals surface area contributed by atoms with Crippen molar-refractivity contribution < 1.29 is 24.0 Å². The third kappa shape index (κ3) is 5.31. The van der Waals surface area contributed by atoms with Gasteiger partial charge in [-0.3, -0.25) is 19.7 Å². The Balaban J connectivity index is 1.66. The van der Waals surface area contributed by atoms with Gasteiger partial charge >= 0.3 is 17.8 Å². The van der Waals surface area contributed by atoms with E-state index in [2.05, 4.69) is 15.8 Å². The first-order valence-electron chi connectivity index (χ1n) is 9.61. The van der Waals surface area contributed by atoms with Crippen LogP contribution in [-0.2, 0) is 27.2 Å². The lowest BCUT2D eigenvalue weighted by Gasteiger charge is -2.12. The Morgan fingerprint density at radius 1 is 1.19 bits per heavy atom. The lowest BCUT2D eigenvalue weighted by Crippen LogP contribution is -2.32. The van der Waals surface area contributed by atoms with Crippen LogP contribution in [0.4, 0.5) is 10.7 Å². The quantitative estimate of drug-likeness (QED) is 0.231. The van der Waals surface area contributed by atoms with Gasteiger partial charge in [0.1, 0.15) is 5.00 Å². The van der Waals surface area contributed by atoms with Crippen molar-refractivity contribution in [2.75, 3.05) is 11.9 Å². The molecule has 31 heavy (non-hydrogen) atoms. The van der Waals surface area contributed by atoms with Gasteiger partial charge in [-0.1, -0.05) is 0 Å². The minimum Gasteiger partial charge on any atom is -0.462 e. The highest BCUT2D eigenvalue weighted by Gasteiger charge is 2.28. The summed E-state index contributed by atoms with van der Waals surface area (Å²) in [5.74, 6) is -2.50. The first-order chi connectivity index (χ1) is 14.9. The van der Waals surface area contributed by atoms with Crippen molar-refractivity contribution in [2.24, 2.45) is 5.10 Å². The highest BCUT2D eigenvalue weighted by Crippen LogP contribution is 2.38. The second-order valence-electron chi connectivity index (χ2n) is 6.64. The van der Waals surface area contributed by atoms with Gasteiger partial charge in [-0.15, -0.1) is 11.3 Å². The van der Waals surface area contributed by atoms with E-state index in [9.17, 15) is 24.5 Å². The number of thiophene rings is 1.